The van der Waals surface area contributed by atoms with Crippen LogP contribution < -0.4 is 19.5 Å². The van der Waals surface area contributed by atoms with Crippen LogP contribution in [0, 0.1) is 0 Å². The topological polar surface area (TPSA) is 56.8 Å². The zero-order valence-electron chi connectivity index (χ0n) is 14.8. The van der Waals surface area contributed by atoms with Crippen LogP contribution in [0.5, 0.6) is 17.2 Å². The van der Waals surface area contributed by atoms with E-state index in [1.165, 1.54) is 14.2 Å². The molecule has 1 N–H and O–H groups in total. The van der Waals surface area contributed by atoms with Gasteiger partial charge in [0.25, 0.3) is 5.91 Å². The lowest BCUT2D eigenvalue weighted by Crippen LogP contribution is -2.30. The number of rotatable bonds is 7. The molecule has 2 rings (SSSR count). The monoisotopic (exact) mass is 363 g/mol. The highest BCUT2D eigenvalue weighted by Crippen LogP contribution is 2.36. The second kappa shape index (κ2) is 8.62. The average Bonchev–Trinajstić information content (AvgIpc) is 2.62. The number of halogens is 1. The summed E-state index contributed by atoms with van der Waals surface area (Å²) >= 11 is 6.07. The second-order valence-corrected chi connectivity index (χ2v) is 5.84. The number of carbonyl (C=O) groups excluding carboxylic acids is 1. The number of hydrogen-bond donors (Lipinski definition) is 1. The molecule has 0 aliphatic carbocycles. The Bertz CT molecular complexity index is 748. The third-order valence-corrected chi connectivity index (χ3v) is 4.02. The number of hydrogen-bond acceptors (Lipinski definition) is 4. The number of ether oxygens (including phenoxy) is 3. The molecule has 0 saturated carbocycles. The van der Waals surface area contributed by atoms with Gasteiger partial charge in [0, 0.05) is 12.1 Å². The number of anilines is 1. The van der Waals surface area contributed by atoms with Crippen molar-refractivity contribution in [3.8, 4) is 17.2 Å². The van der Waals surface area contributed by atoms with Crippen LogP contribution in [0.4, 0.5) is 5.69 Å². The molecule has 1 atom stereocenters. The van der Waals surface area contributed by atoms with Gasteiger partial charge in [0.15, 0.2) is 6.10 Å². The Morgan fingerprint density at radius 3 is 2.52 bits per heavy atom. The fourth-order valence-electron chi connectivity index (χ4n) is 2.29. The first-order chi connectivity index (χ1) is 12.0. The minimum Gasteiger partial charge on any atom is -0.495 e. The molecule has 6 heteroatoms. The first-order valence-electron chi connectivity index (χ1n) is 7.96. The van der Waals surface area contributed by atoms with Gasteiger partial charge in [-0.25, -0.2) is 0 Å². The lowest BCUT2D eigenvalue weighted by atomic mass is 10.2. The highest BCUT2D eigenvalue weighted by atomic mass is 35.5. The Labute approximate surface area is 152 Å². The van der Waals surface area contributed by atoms with Gasteiger partial charge in [-0.1, -0.05) is 30.7 Å². The predicted octanol–water partition coefficient (Wildman–Crippen LogP) is 4.33. The van der Waals surface area contributed by atoms with Gasteiger partial charge in [0.1, 0.15) is 17.2 Å². The van der Waals surface area contributed by atoms with Gasteiger partial charge >= 0.3 is 0 Å². The van der Waals surface area contributed by atoms with E-state index >= 15 is 0 Å². The van der Waals surface area contributed by atoms with Gasteiger partial charge in [-0.3, -0.25) is 4.79 Å². The molecule has 2 aromatic rings. The van der Waals surface area contributed by atoms with Crippen LogP contribution in [0.15, 0.2) is 36.4 Å². The zero-order chi connectivity index (χ0) is 18.4. The van der Waals surface area contributed by atoms with Crippen molar-refractivity contribution in [2.24, 2.45) is 0 Å². The first kappa shape index (κ1) is 18.9. The molecule has 1 amide bonds. The van der Waals surface area contributed by atoms with Crippen molar-refractivity contribution >= 4 is 23.2 Å². The van der Waals surface area contributed by atoms with Crippen molar-refractivity contribution in [2.75, 3.05) is 19.5 Å². The summed E-state index contributed by atoms with van der Waals surface area (Å²) in [5.41, 5.74) is 1.61. The van der Waals surface area contributed by atoms with E-state index in [2.05, 4.69) is 12.2 Å². The first-order valence-corrected chi connectivity index (χ1v) is 8.34. The molecule has 1 unspecified atom stereocenters. The molecule has 0 aliphatic heterocycles. The van der Waals surface area contributed by atoms with Crippen molar-refractivity contribution in [2.45, 2.75) is 26.4 Å². The minimum absolute atomic E-state index is 0.301. The summed E-state index contributed by atoms with van der Waals surface area (Å²) < 4.78 is 16.2. The Morgan fingerprint density at radius 2 is 1.88 bits per heavy atom. The number of aryl methyl sites for hydroxylation is 1. The molecule has 2 aromatic carbocycles. The number of benzene rings is 2. The van der Waals surface area contributed by atoms with Crippen LogP contribution in [0.2, 0.25) is 5.02 Å². The number of nitrogens with one attached hydrogen (secondary N) is 1. The lowest BCUT2D eigenvalue weighted by molar-refractivity contribution is -0.122. The third-order valence-electron chi connectivity index (χ3n) is 3.72. The lowest BCUT2D eigenvalue weighted by Gasteiger charge is -2.17. The SMILES string of the molecule is CCc1cccc(OC(C)C(=O)Nc2cc(OC)c(Cl)cc2OC)c1. The molecule has 0 spiro atoms. The van der Waals surface area contributed by atoms with Crippen LogP contribution in [-0.4, -0.2) is 26.2 Å². The molecule has 0 aromatic heterocycles. The zero-order valence-corrected chi connectivity index (χ0v) is 15.5. The fraction of sp³-hybridized carbons (Fsp3) is 0.316. The number of amides is 1. The normalized spacial score (nSPS) is 11.6. The summed E-state index contributed by atoms with van der Waals surface area (Å²) in [4.78, 5) is 12.5. The van der Waals surface area contributed by atoms with Gasteiger partial charge < -0.3 is 19.5 Å². The molecule has 5 nitrogen and oxygen atoms in total. The highest BCUT2D eigenvalue weighted by Gasteiger charge is 2.18. The highest BCUT2D eigenvalue weighted by molar-refractivity contribution is 6.32. The van der Waals surface area contributed by atoms with E-state index in [0.29, 0.717) is 28.0 Å². The van der Waals surface area contributed by atoms with Crippen molar-refractivity contribution in [1.82, 2.24) is 0 Å². The van der Waals surface area contributed by atoms with Crippen LogP contribution in [0.1, 0.15) is 19.4 Å². The fourth-order valence-corrected chi connectivity index (χ4v) is 2.52. The molecule has 0 bridgehead atoms. The summed E-state index contributed by atoms with van der Waals surface area (Å²) in [7, 11) is 3.01. The van der Waals surface area contributed by atoms with E-state index in [-0.39, 0.29) is 5.91 Å². The van der Waals surface area contributed by atoms with E-state index in [1.54, 1.807) is 19.1 Å². The minimum atomic E-state index is -0.682. The maximum atomic E-state index is 12.5. The van der Waals surface area contributed by atoms with Crippen LogP contribution >= 0.6 is 11.6 Å². The van der Waals surface area contributed by atoms with Crippen molar-refractivity contribution in [1.29, 1.82) is 0 Å². The molecule has 25 heavy (non-hydrogen) atoms. The van der Waals surface area contributed by atoms with Crippen molar-refractivity contribution in [3.63, 3.8) is 0 Å². The van der Waals surface area contributed by atoms with Gasteiger partial charge in [0.05, 0.1) is 24.9 Å². The summed E-state index contributed by atoms with van der Waals surface area (Å²) in [6, 6.07) is 10.9. The van der Waals surface area contributed by atoms with Crippen molar-refractivity contribution in [3.05, 3.63) is 47.0 Å². The van der Waals surface area contributed by atoms with Gasteiger partial charge in [0.2, 0.25) is 0 Å². The maximum absolute atomic E-state index is 12.5. The number of methoxy groups -OCH3 is 2. The summed E-state index contributed by atoms with van der Waals surface area (Å²) in [5, 5.41) is 3.19. The molecule has 0 saturated heterocycles. The van der Waals surface area contributed by atoms with E-state index in [1.807, 2.05) is 24.3 Å². The Morgan fingerprint density at radius 1 is 1.16 bits per heavy atom. The smallest absolute Gasteiger partial charge is 0.265 e. The number of carbonyl (C=O) groups is 1. The third kappa shape index (κ3) is 4.79. The van der Waals surface area contributed by atoms with Gasteiger partial charge in [-0.2, -0.15) is 0 Å². The molecule has 0 radical (unpaired) electrons. The van der Waals surface area contributed by atoms with E-state index in [9.17, 15) is 4.79 Å². The van der Waals surface area contributed by atoms with Crippen LogP contribution in [0.3, 0.4) is 0 Å². The molecule has 0 fully saturated rings. The predicted molar refractivity (Wildman–Crippen MR) is 99.1 cm³/mol. The Balaban J connectivity index is 2.12. The Hall–Kier alpha value is -2.40. The molecule has 134 valence electrons. The molecule has 0 heterocycles. The van der Waals surface area contributed by atoms with E-state index < -0.39 is 6.10 Å². The average molecular weight is 364 g/mol. The maximum Gasteiger partial charge on any atom is 0.265 e. The van der Waals surface area contributed by atoms with E-state index in [0.717, 1.165) is 12.0 Å². The quantitative estimate of drug-likeness (QED) is 0.795. The second-order valence-electron chi connectivity index (χ2n) is 5.44. The largest absolute Gasteiger partial charge is 0.495 e. The molecular formula is C19H22ClNO4. The van der Waals surface area contributed by atoms with Gasteiger partial charge in [-0.15, -0.1) is 0 Å². The van der Waals surface area contributed by atoms with Crippen molar-refractivity contribution < 1.29 is 19.0 Å². The van der Waals surface area contributed by atoms with E-state index in [4.69, 9.17) is 25.8 Å². The summed E-state index contributed by atoms with van der Waals surface area (Å²) in [5.74, 6) is 1.24. The molecular weight excluding hydrogens is 342 g/mol. The summed E-state index contributed by atoms with van der Waals surface area (Å²) in [6.45, 7) is 3.75. The summed E-state index contributed by atoms with van der Waals surface area (Å²) in [6.07, 6.45) is 0.220. The van der Waals surface area contributed by atoms with Crippen LogP contribution in [0.25, 0.3) is 0 Å². The van der Waals surface area contributed by atoms with Crippen LogP contribution in [-0.2, 0) is 11.2 Å². The molecule has 0 aliphatic rings. The Kier molecular flexibility index (Phi) is 6.53. The van der Waals surface area contributed by atoms with Gasteiger partial charge in [-0.05, 0) is 31.0 Å². The standard InChI is InChI=1S/C19H22ClNO4/c1-5-13-7-6-8-14(9-13)25-12(2)19(22)21-16-11-17(23-3)15(20)10-18(16)24-4/h6-12H,5H2,1-4H3,(H,21,22).